The van der Waals surface area contributed by atoms with Crippen molar-refractivity contribution >= 4 is 5.78 Å². The van der Waals surface area contributed by atoms with E-state index in [1.807, 2.05) is 0 Å². The second-order valence-electron chi connectivity index (χ2n) is 9.03. The molecule has 1 unspecified atom stereocenters. The molecule has 25 heavy (non-hydrogen) atoms. The van der Waals surface area contributed by atoms with Gasteiger partial charge in [0, 0.05) is 11.8 Å². The summed E-state index contributed by atoms with van der Waals surface area (Å²) in [5, 5.41) is 0. The van der Waals surface area contributed by atoms with Crippen molar-refractivity contribution in [1.29, 1.82) is 0 Å². The highest BCUT2D eigenvalue weighted by Gasteiger charge is 2.59. The minimum atomic E-state index is -0.0563. The average molecular weight is 341 g/mol. The lowest BCUT2D eigenvalue weighted by Crippen LogP contribution is -2.45. The minimum Gasteiger partial charge on any atom is -0.497 e. The molecular formula is C23H32O2. The largest absolute Gasteiger partial charge is 0.497 e. The van der Waals surface area contributed by atoms with Crippen molar-refractivity contribution in [3.63, 3.8) is 0 Å². The van der Waals surface area contributed by atoms with Gasteiger partial charge in [-0.25, -0.2) is 0 Å². The monoisotopic (exact) mass is 340 g/mol. The zero-order valence-electron chi connectivity index (χ0n) is 16.2. The molecule has 6 atom stereocenters. The number of benzene rings is 1. The number of methoxy groups -OCH3 is 1. The summed E-state index contributed by atoms with van der Waals surface area (Å²) < 4.78 is 5.43. The molecule has 3 aliphatic carbocycles. The van der Waals surface area contributed by atoms with Gasteiger partial charge in [-0.3, -0.25) is 4.79 Å². The highest BCUT2D eigenvalue weighted by Crippen LogP contribution is 2.62. The Balaban J connectivity index is 1.71. The summed E-state index contributed by atoms with van der Waals surface area (Å²) in [4.78, 5) is 12.9. The molecule has 0 radical (unpaired) electrons. The molecule has 1 aromatic carbocycles. The van der Waals surface area contributed by atoms with Gasteiger partial charge < -0.3 is 4.74 Å². The Kier molecular flexibility index (Phi) is 4.21. The first kappa shape index (κ1) is 17.1. The van der Waals surface area contributed by atoms with Crippen molar-refractivity contribution in [2.45, 2.75) is 65.2 Å². The normalized spacial score (nSPS) is 37.8. The molecular weight excluding hydrogens is 308 g/mol. The van der Waals surface area contributed by atoms with Gasteiger partial charge in [0.05, 0.1) is 7.11 Å². The third-order valence-corrected chi connectivity index (χ3v) is 8.08. The molecule has 2 heteroatoms. The molecule has 0 bridgehead atoms. The zero-order valence-corrected chi connectivity index (χ0v) is 16.2. The Morgan fingerprint density at radius 1 is 1.32 bits per heavy atom. The van der Waals surface area contributed by atoms with E-state index in [0.29, 0.717) is 35.4 Å². The predicted octanol–water partition coefficient (Wildman–Crippen LogP) is 5.39. The van der Waals surface area contributed by atoms with E-state index in [4.69, 9.17) is 4.74 Å². The van der Waals surface area contributed by atoms with E-state index in [-0.39, 0.29) is 5.41 Å². The fourth-order valence-electron chi connectivity index (χ4n) is 6.48. The summed E-state index contributed by atoms with van der Waals surface area (Å²) >= 11 is 0. The summed E-state index contributed by atoms with van der Waals surface area (Å²) in [6.45, 7) is 6.95. The maximum absolute atomic E-state index is 12.9. The Morgan fingerprint density at radius 3 is 2.84 bits per heavy atom. The second kappa shape index (κ2) is 6.14. The number of carbonyl (C=O) groups excluding carboxylic acids is 1. The number of hydrogen-bond acceptors (Lipinski definition) is 2. The highest BCUT2D eigenvalue weighted by atomic mass is 16.5. The lowest BCUT2D eigenvalue weighted by Gasteiger charge is -2.50. The number of hydrogen-bond donors (Lipinski definition) is 0. The van der Waals surface area contributed by atoms with E-state index in [9.17, 15) is 4.79 Å². The van der Waals surface area contributed by atoms with Crippen LogP contribution in [0.1, 0.15) is 69.9 Å². The molecule has 0 heterocycles. The van der Waals surface area contributed by atoms with E-state index >= 15 is 0 Å². The van der Waals surface area contributed by atoms with Crippen LogP contribution in [0.2, 0.25) is 0 Å². The van der Waals surface area contributed by atoms with Crippen molar-refractivity contribution in [3.8, 4) is 5.75 Å². The molecule has 0 amide bonds. The van der Waals surface area contributed by atoms with Crippen LogP contribution in [0.25, 0.3) is 0 Å². The molecule has 0 N–H and O–H groups in total. The van der Waals surface area contributed by atoms with Gasteiger partial charge in [0.15, 0.2) is 0 Å². The lowest BCUT2D eigenvalue weighted by molar-refractivity contribution is -0.129. The van der Waals surface area contributed by atoms with Gasteiger partial charge in [-0.2, -0.15) is 0 Å². The van der Waals surface area contributed by atoms with Crippen molar-refractivity contribution in [3.05, 3.63) is 29.3 Å². The maximum Gasteiger partial charge on any atom is 0.139 e. The van der Waals surface area contributed by atoms with Crippen molar-refractivity contribution in [2.75, 3.05) is 7.11 Å². The highest BCUT2D eigenvalue weighted by molar-refractivity contribution is 5.87. The smallest absolute Gasteiger partial charge is 0.139 e. The van der Waals surface area contributed by atoms with Crippen LogP contribution in [-0.4, -0.2) is 12.9 Å². The van der Waals surface area contributed by atoms with E-state index in [0.717, 1.165) is 25.0 Å². The first-order valence-electron chi connectivity index (χ1n) is 10.2. The number of Topliss-reactive ketones (excluding diaryl/α,β-unsaturated/α-hetero) is 1. The summed E-state index contributed by atoms with van der Waals surface area (Å²) in [7, 11) is 1.75. The van der Waals surface area contributed by atoms with Crippen LogP contribution >= 0.6 is 0 Å². The third-order valence-electron chi connectivity index (χ3n) is 8.08. The topological polar surface area (TPSA) is 26.3 Å². The molecule has 2 fully saturated rings. The van der Waals surface area contributed by atoms with E-state index in [1.54, 1.807) is 12.7 Å². The number of rotatable bonds is 3. The van der Waals surface area contributed by atoms with Gasteiger partial charge in [-0.05, 0) is 78.5 Å². The second-order valence-corrected chi connectivity index (χ2v) is 9.03. The number of ketones is 1. The number of ether oxygens (including phenoxy) is 1. The molecule has 2 nitrogen and oxygen atoms in total. The molecule has 1 aromatic rings. The van der Waals surface area contributed by atoms with E-state index in [2.05, 4.69) is 39.0 Å². The summed E-state index contributed by atoms with van der Waals surface area (Å²) in [5.41, 5.74) is 2.97. The molecule has 0 saturated heterocycles. The van der Waals surface area contributed by atoms with Crippen LogP contribution in [0, 0.1) is 29.1 Å². The van der Waals surface area contributed by atoms with Crippen molar-refractivity contribution < 1.29 is 9.53 Å². The van der Waals surface area contributed by atoms with Crippen molar-refractivity contribution in [1.82, 2.24) is 0 Å². The SMILES string of the molecule is CCC(C)[C@@H]1CC(=O)[C@@]2(C)CC[C@@H]3c4ccc(OC)cc4CC[C@H]3[C@H]12. The summed E-state index contributed by atoms with van der Waals surface area (Å²) in [5.74, 6) is 4.70. The fraction of sp³-hybridized carbons (Fsp3) is 0.696. The molecule has 3 aliphatic rings. The first-order valence-corrected chi connectivity index (χ1v) is 10.2. The van der Waals surface area contributed by atoms with Crippen LogP contribution < -0.4 is 4.74 Å². The van der Waals surface area contributed by atoms with Gasteiger partial charge >= 0.3 is 0 Å². The van der Waals surface area contributed by atoms with E-state index in [1.165, 1.54) is 24.8 Å². The van der Waals surface area contributed by atoms with Crippen LogP contribution in [-0.2, 0) is 11.2 Å². The van der Waals surface area contributed by atoms with Gasteiger partial charge in [0.25, 0.3) is 0 Å². The molecule has 2 saturated carbocycles. The Bertz CT molecular complexity index is 679. The quantitative estimate of drug-likeness (QED) is 0.737. The maximum atomic E-state index is 12.9. The zero-order chi connectivity index (χ0) is 17.8. The Hall–Kier alpha value is -1.31. The number of carbonyl (C=O) groups is 1. The van der Waals surface area contributed by atoms with Crippen LogP contribution in [0.15, 0.2) is 18.2 Å². The number of aryl methyl sites for hydroxylation is 1. The molecule has 136 valence electrons. The third kappa shape index (κ3) is 2.47. The minimum absolute atomic E-state index is 0.0563. The fourth-order valence-corrected chi connectivity index (χ4v) is 6.48. The van der Waals surface area contributed by atoms with Gasteiger partial charge in [-0.1, -0.05) is 33.3 Å². The molecule has 0 aromatic heterocycles. The average Bonchev–Trinajstić information content (AvgIpc) is 2.91. The van der Waals surface area contributed by atoms with E-state index < -0.39 is 0 Å². The summed E-state index contributed by atoms with van der Waals surface area (Å²) in [6.07, 6.45) is 6.66. The molecule has 4 rings (SSSR count). The van der Waals surface area contributed by atoms with Gasteiger partial charge in [0.2, 0.25) is 0 Å². The van der Waals surface area contributed by atoms with Crippen LogP contribution in [0.3, 0.4) is 0 Å². The lowest BCUT2D eigenvalue weighted by atomic mass is 9.53. The summed E-state index contributed by atoms with van der Waals surface area (Å²) in [6, 6.07) is 6.68. The van der Waals surface area contributed by atoms with Gasteiger partial charge in [-0.15, -0.1) is 0 Å². The van der Waals surface area contributed by atoms with Crippen molar-refractivity contribution in [2.24, 2.45) is 29.1 Å². The Morgan fingerprint density at radius 2 is 2.12 bits per heavy atom. The number of fused-ring (bicyclic) bond motifs is 5. The van der Waals surface area contributed by atoms with Gasteiger partial charge in [0.1, 0.15) is 11.5 Å². The Labute approximate surface area is 152 Å². The van der Waals surface area contributed by atoms with Crippen LogP contribution in [0.4, 0.5) is 0 Å². The molecule has 0 aliphatic heterocycles. The first-order chi connectivity index (χ1) is 12.0. The standard InChI is InChI=1S/C23H32O2/c1-5-14(2)20-13-21(24)23(3)11-10-18-17-9-7-16(25-4)12-15(17)6-8-19(18)22(20)23/h7,9,12,14,18-20,22H,5-6,8,10-11,13H2,1-4H3/t14?,18-,19-,20+,22-,23-/m1/s1. The van der Waals surface area contributed by atoms with Crippen LogP contribution in [0.5, 0.6) is 5.75 Å². The molecule has 0 spiro atoms. The predicted molar refractivity (Wildman–Crippen MR) is 101 cm³/mol.